The summed E-state index contributed by atoms with van der Waals surface area (Å²) in [6.45, 7) is 6.51. The number of carboxylic acids is 1. The smallest absolute Gasteiger partial charge is 0.304 e. The lowest BCUT2D eigenvalue weighted by molar-refractivity contribution is -0.136. The number of nitrogens with zero attached hydrogens (tertiary/aromatic N) is 1. The summed E-state index contributed by atoms with van der Waals surface area (Å²) in [5.41, 5.74) is 2.36. The highest BCUT2D eigenvalue weighted by atomic mass is 33.1. The van der Waals surface area contributed by atoms with Gasteiger partial charge in [0.2, 0.25) is 0 Å². The molecule has 0 saturated carbocycles. The fraction of sp³-hybridized carbons (Fsp3) is 0.533. The van der Waals surface area contributed by atoms with Crippen molar-refractivity contribution in [1.82, 2.24) is 10.3 Å². The molecule has 5 nitrogen and oxygen atoms in total. The lowest BCUT2D eigenvalue weighted by Crippen LogP contribution is -2.27. The monoisotopic (exact) mass is 342 g/mol. The minimum atomic E-state index is -0.783. The van der Waals surface area contributed by atoms with Gasteiger partial charge in [-0.05, 0) is 25.0 Å². The van der Waals surface area contributed by atoms with E-state index in [1.54, 1.807) is 10.8 Å². The Bertz CT molecular complexity index is 522. The number of hydrogen-bond donors (Lipinski definition) is 2. The van der Waals surface area contributed by atoms with Gasteiger partial charge in [-0.3, -0.25) is 14.6 Å². The van der Waals surface area contributed by atoms with Crippen LogP contribution in [0.2, 0.25) is 0 Å². The standard InChI is InChI=1S/C15H22N2O3S2/c1-10(2)14-12(5-4-11(3)17-14)15(20)16-7-9-22-21-8-6-13(18)19/h4-5,10H,6-9H2,1-3H3,(H,16,20)(H,18,19). The number of amides is 1. The van der Waals surface area contributed by atoms with Crippen LogP contribution in [0.15, 0.2) is 12.1 Å². The number of carboxylic acid groups (broad SMARTS) is 1. The number of nitrogens with one attached hydrogen (secondary N) is 1. The molecule has 0 unspecified atom stereocenters. The van der Waals surface area contributed by atoms with Crippen LogP contribution >= 0.6 is 21.6 Å². The van der Waals surface area contributed by atoms with Crippen LogP contribution in [-0.2, 0) is 4.79 Å². The second-order valence-corrected chi connectivity index (χ2v) is 7.79. The van der Waals surface area contributed by atoms with Gasteiger partial charge < -0.3 is 10.4 Å². The first-order chi connectivity index (χ1) is 10.4. The van der Waals surface area contributed by atoms with Crippen LogP contribution in [0.4, 0.5) is 0 Å². The van der Waals surface area contributed by atoms with Crippen LogP contribution in [0.5, 0.6) is 0 Å². The molecule has 1 amide bonds. The SMILES string of the molecule is Cc1ccc(C(=O)NCCSSCCC(=O)O)c(C(C)C)n1. The summed E-state index contributed by atoms with van der Waals surface area (Å²) in [5, 5.41) is 11.4. The maximum atomic E-state index is 12.2. The van der Waals surface area contributed by atoms with Gasteiger partial charge in [-0.25, -0.2) is 0 Å². The third kappa shape index (κ3) is 6.70. The topological polar surface area (TPSA) is 79.3 Å². The summed E-state index contributed by atoms with van der Waals surface area (Å²) >= 11 is 0. The molecule has 0 fully saturated rings. The van der Waals surface area contributed by atoms with Crippen molar-refractivity contribution < 1.29 is 14.7 Å². The molecule has 0 saturated heterocycles. The summed E-state index contributed by atoms with van der Waals surface area (Å²) in [4.78, 5) is 27.0. The lowest BCUT2D eigenvalue weighted by Gasteiger charge is -2.12. The van der Waals surface area contributed by atoms with Crippen LogP contribution < -0.4 is 5.32 Å². The Kier molecular flexibility index (Phi) is 8.34. The highest BCUT2D eigenvalue weighted by Gasteiger charge is 2.15. The van der Waals surface area contributed by atoms with Gasteiger partial charge in [0.05, 0.1) is 17.7 Å². The van der Waals surface area contributed by atoms with Gasteiger partial charge in [-0.2, -0.15) is 0 Å². The second-order valence-electron chi connectivity index (χ2n) is 5.08. The Morgan fingerprint density at radius 3 is 2.59 bits per heavy atom. The van der Waals surface area contributed by atoms with Gasteiger partial charge in [0, 0.05) is 23.7 Å². The zero-order valence-corrected chi connectivity index (χ0v) is 14.7. The van der Waals surface area contributed by atoms with Crippen LogP contribution in [0, 0.1) is 6.92 Å². The van der Waals surface area contributed by atoms with Gasteiger partial charge in [0.1, 0.15) is 0 Å². The molecule has 0 aromatic carbocycles. The predicted molar refractivity (Wildman–Crippen MR) is 92.6 cm³/mol. The summed E-state index contributed by atoms with van der Waals surface area (Å²) in [6, 6.07) is 3.67. The van der Waals surface area contributed by atoms with Crippen molar-refractivity contribution in [3.8, 4) is 0 Å². The summed E-state index contributed by atoms with van der Waals surface area (Å²) < 4.78 is 0. The molecule has 0 aliphatic carbocycles. The first-order valence-electron chi connectivity index (χ1n) is 7.13. The zero-order chi connectivity index (χ0) is 16.5. The molecule has 1 aromatic heterocycles. The fourth-order valence-electron chi connectivity index (χ4n) is 1.76. The molecule has 0 aliphatic heterocycles. The molecule has 1 aromatic rings. The largest absolute Gasteiger partial charge is 0.481 e. The normalized spacial score (nSPS) is 10.7. The first kappa shape index (κ1) is 18.8. The lowest BCUT2D eigenvalue weighted by atomic mass is 10.0. The molecule has 1 heterocycles. The zero-order valence-electron chi connectivity index (χ0n) is 13.1. The number of aryl methyl sites for hydroxylation is 1. The van der Waals surface area contributed by atoms with Gasteiger partial charge >= 0.3 is 5.97 Å². The van der Waals surface area contributed by atoms with Crippen molar-refractivity contribution in [2.75, 3.05) is 18.1 Å². The third-order valence-electron chi connectivity index (χ3n) is 2.81. The first-order valence-corrected chi connectivity index (χ1v) is 9.62. The summed E-state index contributed by atoms with van der Waals surface area (Å²) in [7, 11) is 3.08. The summed E-state index contributed by atoms with van der Waals surface area (Å²) in [6.07, 6.45) is 0.164. The predicted octanol–water partition coefficient (Wildman–Crippen LogP) is 3.10. The van der Waals surface area contributed by atoms with E-state index in [0.717, 1.165) is 17.1 Å². The van der Waals surface area contributed by atoms with E-state index in [0.29, 0.717) is 17.9 Å². The molecule has 0 atom stereocenters. The van der Waals surface area contributed by atoms with Crippen LogP contribution in [0.25, 0.3) is 0 Å². The Labute approximate surface area is 139 Å². The number of pyridine rings is 1. The quantitative estimate of drug-likeness (QED) is 0.530. The Morgan fingerprint density at radius 2 is 1.95 bits per heavy atom. The van der Waals surface area contributed by atoms with E-state index in [9.17, 15) is 9.59 Å². The molecule has 0 bridgehead atoms. The van der Waals surface area contributed by atoms with E-state index in [-0.39, 0.29) is 18.2 Å². The molecular weight excluding hydrogens is 320 g/mol. The minimum Gasteiger partial charge on any atom is -0.481 e. The minimum absolute atomic E-state index is 0.104. The van der Waals surface area contributed by atoms with E-state index in [4.69, 9.17) is 5.11 Å². The van der Waals surface area contributed by atoms with Crippen LogP contribution in [0.1, 0.15) is 47.9 Å². The van der Waals surface area contributed by atoms with E-state index >= 15 is 0 Å². The molecular formula is C15H22N2O3S2. The second kappa shape index (κ2) is 9.74. The van der Waals surface area contributed by atoms with Gasteiger partial charge in [0.15, 0.2) is 0 Å². The number of aromatic nitrogens is 1. The molecule has 1 rings (SSSR count). The van der Waals surface area contributed by atoms with E-state index < -0.39 is 5.97 Å². The molecule has 7 heteroatoms. The maximum Gasteiger partial charge on any atom is 0.304 e. The van der Waals surface area contributed by atoms with Gasteiger partial charge in [0.25, 0.3) is 5.91 Å². The van der Waals surface area contributed by atoms with Crippen molar-refractivity contribution in [2.24, 2.45) is 0 Å². The average Bonchev–Trinajstić information content (AvgIpc) is 2.45. The Hall–Kier alpha value is -1.21. The van der Waals surface area contributed by atoms with Crippen molar-refractivity contribution in [3.63, 3.8) is 0 Å². The van der Waals surface area contributed by atoms with E-state index in [1.165, 1.54) is 10.8 Å². The van der Waals surface area contributed by atoms with Crippen molar-refractivity contribution in [3.05, 3.63) is 29.1 Å². The van der Waals surface area contributed by atoms with E-state index in [2.05, 4.69) is 10.3 Å². The van der Waals surface area contributed by atoms with Crippen LogP contribution in [0.3, 0.4) is 0 Å². The Morgan fingerprint density at radius 1 is 1.27 bits per heavy atom. The molecule has 122 valence electrons. The van der Waals surface area contributed by atoms with Crippen molar-refractivity contribution in [2.45, 2.75) is 33.1 Å². The van der Waals surface area contributed by atoms with Crippen molar-refractivity contribution >= 4 is 33.5 Å². The van der Waals surface area contributed by atoms with Gasteiger partial charge in [-0.1, -0.05) is 35.4 Å². The van der Waals surface area contributed by atoms with Gasteiger partial charge in [-0.15, -0.1) is 0 Å². The third-order valence-corrected chi connectivity index (χ3v) is 5.22. The number of aliphatic carboxylic acids is 1. The number of carbonyl (C=O) groups is 2. The fourth-order valence-corrected chi connectivity index (χ4v) is 3.64. The number of hydrogen-bond acceptors (Lipinski definition) is 5. The molecule has 0 aliphatic rings. The number of carbonyl (C=O) groups excluding carboxylic acids is 1. The maximum absolute atomic E-state index is 12.2. The highest BCUT2D eigenvalue weighted by Crippen LogP contribution is 2.21. The Balaban J connectivity index is 2.38. The van der Waals surface area contributed by atoms with Crippen molar-refractivity contribution in [1.29, 1.82) is 0 Å². The molecule has 0 radical (unpaired) electrons. The van der Waals surface area contributed by atoms with E-state index in [1.807, 2.05) is 32.9 Å². The number of rotatable bonds is 9. The molecule has 0 spiro atoms. The summed E-state index contributed by atoms with van der Waals surface area (Å²) in [5.74, 6) is 0.628. The highest BCUT2D eigenvalue weighted by molar-refractivity contribution is 8.76. The van der Waals surface area contributed by atoms with Crippen LogP contribution in [-0.4, -0.2) is 40.0 Å². The average molecular weight is 342 g/mol. The molecule has 2 N–H and O–H groups in total. The molecule has 22 heavy (non-hydrogen) atoms.